The number of hydrogen-bond donors (Lipinski definition) is 3. The maximum Gasteiger partial charge on any atom is 0.283 e. The molecule has 3 aromatic carbocycles. The van der Waals surface area contributed by atoms with Crippen molar-refractivity contribution >= 4 is 56.5 Å². The number of rotatable bonds is 4. The summed E-state index contributed by atoms with van der Waals surface area (Å²) in [7, 11) is -5.18. The molecule has 0 aliphatic carbocycles. The average Bonchev–Trinajstić information content (AvgIpc) is 2.65. The fourth-order valence-electron chi connectivity index (χ4n) is 3.22. The van der Waals surface area contributed by atoms with Crippen molar-refractivity contribution in [2.45, 2.75) is 4.75 Å². The molecule has 0 bridgehead atoms. The fraction of sp³-hybridized carbons (Fsp3) is 0.0526. The molecule has 0 fully saturated rings. The van der Waals surface area contributed by atoms with Crippen LogP contribution < -0.4 is 0 Å². The molecule has 3 aromatic rings. The molecule has 1 atom stereocenters. The normalized spacial score (nSPS) is 13.8. The molecule has 10 heteroatoms. The van der Waals surface area contributed by atoms with Gasteiger partial charge in [-0.3, -0.25) is 4.55 Å². The SMILES string of the molecule is O=S(=O)(O)C(c1ccccc1)(c1cc(Cl)ccc1Cl)c1c(O)c(Cl)cc(Cl)c1O. The lowest BCUT2D eigenvalue weighted by Crippen LogP contribution is -2.38. The molecule has 0 aliphatic rings. The predicted octanol–water partition coefficient (Wildman–Crippen LogP) is 5.89. The number of benzene rings is 3. The zero-order chi connectivity index (χ0) is 21.6. The van der Waals surface area contributed by atoms with E-state index < -0.39 is 31.9 Å². The van der Waals surface area contributed by atoms with Crippen LogP contribution in [0.3, 0.4) is 0 Å². The third-order valence-corrected chi connectivity index (χ3v) is 6.98. The standard InChI is InChI=1S/C19H12Cl4O5S/c20-11-6-7-13(21)12(8-11)19(29(26,27)28,10-4-2-1-3-5-10)16-17(24)14(22)9-15(23)18(16)25/h1-9,24-25H,(H,26,27,28). The minimum Gasteiger partial charge on any atom is -0.506 e. The second kappa shape index (κ2) is 7.87. The summed E-state index contributed by atoms with van der Waals surface area (Å²) in [5.41, 5.74) is -0.923. The van der Waals surface area contributed by atoms with Crippen LogP contribution in [-0.2, 0) is 14.9 Å². The second-order valence-corrected chi connectivity index (χ2v) is 9.28. The molecule has 0 saturated carbocycles. The molecule has 0 saturated heterocycles. The summed E-state index contributed by atoms with van der Waals surface area (Å²) in [6.45, 7) is 0. The van der Waals surface area contributed by atoms with Gasteiger partial charge in [-0.2, -0.15) is 8.42 Å². The van der Waals surface area contributed by atoms with E-state index in [0.29, 0.717) is 0 Å². The Balaban J connectivity index is 2.69. The van der Waals surface area contributed by atoms with Crippen molar-refractivity contribution in [3.63, 3.8) is 0 Å². The van der Waals surface area contributed by atoms with Crippen LogP contribution in [0.2, 0.25) is 20.1 Å². The predicted molar refractivity (Wildman–Crippen MR) is 114 cm³/mol. The van der Waals surface area contributed by atoms with E-state index in [2.05, 4.69) is 0 Å². The van der Waals surface area contributed by atoms with Crippen molar-refractivity contribution in [1.29, 1.82) is 0 Å². The molecular weight excluding hydrogens is 482 g/mol. The van der Waals surface area contributed by atoms with Gasteiger partial charge in [-0.1, -0.05) is 76.7 Å². The summed E-state index contributed by atoms with van der Waals surface area (Å²) in [5, 5.41) is 20.7. The van der Waals surface area contributed by atoms with Gasteiger partial charge >= 0.3 is 0 Å². The van der Waals surface area contributed by atoms with Gasteiger partial charge in [0.1, 0.15) is 11.5 Å². The van der Waals surface area contributed by atoms with Crippen LogP contribution in [0, 0.1) is 0 Å². The van der Waals surface area contributed by atoms with E-state index >= 15 is 0 Å². The van der Waals surface area contributed by atoms with Crippen molar-refractivity contribution in [3.05, 3.63) is 91.4 Å². The third kappa shape index (κ3) is 3.54. The van der Waals surface area contributed by atoms with E-state index in [9.17, 15) is 23.2 Å². The fourth-order valence-corrected chi connectivity index (χ4v) is 5.51. The number of halogens is 4. The lowest BCUT2D eigenvalue weighted by molar-refractivity contribution is 0.416. The molecule has 0 radical (unpaired) electrons. The Morgan fingerprint density at radius 1 is 0.759 bits per heavy atom. The van der Waals surface area contributed by atoms with Gasteiger partial charge < -0.3 is 10.2 Å². The van der Waals surface area contributed by atoms with Crippen LogP contribution in [0.4, 0.5) is 0 Å². The first-order valence-electron chi connectivity index (χ1n) is 7.90. The summed E-state index contributed by atoms with van der Waals surface area (Å²) in [6, 6.07) is 12.4. The summed E-state index contributed by atoms with van der Waals surface area (Å²) >= 11 is 24.4. The smallest absolute Gasteiger partial charge is 0.283 e. The summed E-state index contributed by atoms with van der Waals surface area (Å²) in [5.74, 6) is -1.60. The molecule has 0 aliphatic heterocycles. The van der Waals surface area contributed by atoms with Gasteiger partial charge in [-0.05, 0) is 29.8 Å². The largest absolute Gasteiger partial charge is 0.506 e. The quantitative estimate of drug-likeness (QED) is 0.311. The lowest BCUT2D eigenvalue weighted by Gasteiger charge is -2.34. The molecule has 3 rings (SSSR count). The first-order chi connectivity index (χ1) is 13.5. The minimum absolute atomic E-state index is 0.0457. The Hall–Kier alpha value is -1.67. The highest BCUT2D eigenvalue weighted by molar-refractivity contribution is 7.87. The van der Waals surface area contributed by atoms with Crippen molar-refractivity contribution < 1.29 is 23.2 Å². The average molecular weight is 494 g/mol. The molecule has 5 nitrogen and oxygen atoms in total. The number of aromatic hydroxyl groups is 2. The van der Waals surface area contributed by atoms with Crippen LogP contribution in [0.5, 0.6) is 11.5 Å². The Labute approximate surface area is 186 Å². The highest BCUT2D eigenvalue weighted by atomic mass is 35.5. The molecule has 29 heavy (non-hydrogen) atoms. The van der Waals surface area contributed by atoms with Crippen LogP contribution in [-0.4, -0.2) is 23.2 Å². The van der Waals surface area contributed by atoms with Crippen LogP contribution in [0.15, 0.2) is 54.6 Å². The van der Waals surface area contributed by atoms with Crippen LogP contribution in [0.1, 0.15) is 16.7 Å². The highest BCUT2D eigenvalue weighted by Crippen LogP contribution is 2.55. The Bertz CT molecular complexity index is 1170. The van der Waals surface area contributed by atoms with Gasteiger partial charge in [-0.25, -0.2) is 0 Å². The van der Waals surface area contributed by atoms with E-state index in [1.165, 1.54) is 42.5 Å². The van der Waals surface area contributed by atoms with Crippen molar-refractivity contribution in [3.8, 4) is 11.5 Å². The van der Waals surface area contributed by atoms with Crippen LogP contribution in [0.25, 0.3) is 0 Å². The minimum atomic E-state index is -5.18. The molecule has 152 valence electrons. The Kier molecular flexibility index (Phi) is 5.98. The second-order valence-electron chi connectivity index (χ2n) is 6.06. The zero-order valence-corrected chi connectivity index (χ0v) is 18.1. The summed E-state index contributed by atoms with van der Waals surface area (Å²) in [4.78, 5) is 0. The van der Waals surface area contributed by atoms with E-state index in [1.807, 2.05) is 0 Å². The molecule has 0 amide bonds. The van der Waals surface area contributed by atoms with E-state index in [0.717, 1.165) is 6.07 Å². The molecular formula is C19H12Cl4O5S. The van der Waals surface area contributed by atoms with Crippen LogP contribution >= 0.6 is 46.4 Å². The molecule has 3 N–H and O–H groups in total. The van der Waals surface area contributed by atoms with Crippen molar-refractivity contribution in [1.82, 2.24) is 0 Å². The van der Waals surface area contributed by atoms with Gasteiger partial charge in [0.2, 0.25) is 0 Å². The number of hydrogen-bond acceptors (Lipinski definition) is 4. The monoisotopic (exact) mass is 492 g/mol. The number of phenolic OH excluding ortho intramolecular Hbond substituents is 2. The highest BCUT2D eigenvalue weighted by Gasteiger charge is 2.53. The maximum absolute atomic E-state index is 13.0. The van der Waals surface area contributed by atoms with Crippen molar-refractivity contribution in [2.75, 3.05) is 0 Å². The molecule has 1 unspecified atom stereocenters. The van der Waals surface area contributed by atoms with Crippen molar-refractivity contribution in [2.24, 2.45) is 0 Å². The van der Waals surface area contributed by atoms with Gasteiger partial charge in [-0.15, -0.1) is 0 Å². The Morgan fingerprint density at radius 3 is 1.83 bits per heavy atom. The van der Waals surface area contributed by atoms with Gasteiger partial charge in [0.15, 0.2) is 4.75 Å². The van der Waals surface area contributed by atoms with E-state index in [4.69, 9.17) is 46.4 Å². The lowest BCUT2D eigenvalue weighted by atomic mass is 9.82. The molecule has 0 aromatic heterocycles. The first kappa shape index (κ1) is 22.0. The maximum atomic E-state index is 13.0. The topological polar surface area (TPSA) is 94.8 Å². The van der Waals surface area contributed by atoms with E-state index in [-0.39, 0.29) is 31.2 Å². The van der Waals surface area contributed by atoms with Gasteiger partial charge in [0.25, 0.3) is 10.1 Å². The van der Waals surface area contributed by atoms with Gasteiger partial charge in [0.05, 0.1) is 15.6 Å². The third-order valence-electron chi connectivity index (χ3n) is 4.41. The van der Waals surface area contributed by atoms with E-state index in [1.54, 1.807) is 6.07 Å². The van der Waals surface area contributed by atoms with Gasteiger partial charge in [0, 0.05) is 15.6 Å². The number of phenols is 2. The molecule has 0 heterocycles. The Morgan fingerprint density at radius 2 is 1.31 bits per heavy atom. The summed E-state index contributed by atoms with van der Waals surface area (Å²) in [6.07, 6.45) is 0. The first-order valence-corrected chi connectivity index (χ1v) is 10.9. The molecule has 0 spiro atoms. The summed E-state index contributed by atoms with van der Waals surface area (Å²) < 4.78 is 33.9. The zero-order valence-electron chi connectivity index (χ0n) is 14.3.